The molecule has 19 heavy (non-hydrogen) atoms. The Morgan fingerprint density at radius 1 is 1.42 bits per heavy atom. The highest BCUT2D eigenvalue weighted by Crippen LogP contribution is 2.23. The molecule has 2 rings (SSSR count). The van der Waals surface area contributed by atoms with Crippen LogP contribution in [0, 0.1) is 5.92 Å². The molecule has 1 aliphatic heterocycles. The van der Waals surface area contributed by atoms with Crippen LogP contribution >= 0.6 is 11.6 Å². The molecule has 0 N–H and O–H groups in total. The van der Waals surface area contributed by atoms with E-state index in [1.165, 1.54) is 17.5 Å². The van der Waals surface area contributed by atoms with E-state index in [2.05, 4.69) is 17.0 Å². The van der Waals surface area contributed by atoms with Gasteiger partial charge in [0.05, 0.1) is 11.9 Å². The van der Waals surface area contributed by atoms with Crippen LogP contribution in [0.2, 0.25) is 5.02 Å². The Hall–Kier alpha value is -1.07. The zero-order valence-electron chi connectivity index (χ0n) is 11.8. The molecule has 0 spiro atoms. The van der Waals surface area contributed by atoms with Gasteiger partial charge in [-0.1, -0.05) is 11.6 Å². The fourth-order valence-electron chi connectivity index (χ4n) is 2.50. The number of aromatic nitrogens is 2. The summed E-state index contributed by atoms with van der Waals surface area (Å²) >= 11 is 6.11. The highest BCUT2D eigenvalue weighted by molar-refractivity contribution is 6.33. The van der Waals surface area contributed by atoms with E-state index in [0.717, 1.165) is 25.3 Å². The summed E-state index contributed by atoms with van der Waals surface area (Å²) < 4.78 is 1.26. The molecule has 0 bridgehead atoms. The van der Waals surface area contributed by atoms with Crippen molar-refractivity contribution < 1.29 is 0 Å². The molecule has 1 fully saturated rings. The first-order valence-electron chi connectivity index (χ1n) is 6.60. The number of anilines is 1. The van der Waals surface area contributed by atoms with Crippen LogP contribution < -0.4 is 10.5 Å². The van der Waals surface area contributed by atoms with Crippen LogP contribution in [0.4, 0.5) is 5.69 Å². The monoisotopic (exact) mass is 284 g/mol. The number of piperidine rings is 1. The molecule has 0 aliphatic carbocycles. The Morgan fingerprint density at radius 3 is 2.68 bits per heavy atom. The minimum Gasteiger partial charge on any atom is -0.372 e. The molecule has 6 heteroatoms. The maximum atomic E-state index is 11.8. The molecule has 5 nitrogen and oxygen atoms in total. The average molecular weight is 285 g/mol. The summed E-state index contributed by atoms with van der Waals surface area (Å²) in [4.78, 5) is 16.2. The van der Waals surface area contributed by atoms with Gasteiger partial charge in [-0.2, -0.15) is 5.10 Å². The van der Waals surface area contributed by atoms with E-state index in [0.29, 0.717) is 5.92 Å². The van der Waals surface area contributed by atoms with E-state index in [1.54, 1.807) is 13.2 Å². The lowest BCUT2D eigenvalue weighted by molar-refractivity contribution is 0.222. The van der Waals surface area contributed by atoms with Gasteiger partial charge in [-0.15, -0.1) is 0 Å². The number of hydrogen-bond acceptors (Lipinski definition) is 4. The predicted molar refractivity (Wildman–Crippen MR) is 78.0 cm³/mol. The van der Waals surface area contributed by atoms with Crippen molar-refractivity contribution in [2.75, 3.05) is 38.6 Å². The van der Waals surface area contributed by atoms with Crippen LogP contribution in [0.3, 0.4) is 0 Å². The van der Waals surface area contributed by atoms with Crippen molar-refractivity contribution in [3.05, 3.63) is 21.6 Å². The van der Waals surface area contributed by atoms with Crippen molar-refractivity contribution in [2.24, 2.45) is 13.0 Å². The summed E-state index contributed by atoms with van der Waals surface area (Å²) in [6, 6.07) is 0. The van der Waals surface area contributed by atoms with Gasteiger partial charge in [-0.05, 0) is 38.9 Å². The summed E-state index contributed by atoms with van der Waals surface area (Å²) in [5.41, 5.74) is 0.484. The summed E-state index contributed by atoms with van der Waals surface area (Å²) in [5, 5.41) is 4.29. The quantitative estimate of drug-likeness (QED) is 0.837. The van der Waals surface area contributed by atoms with Gasteiger partial charge >= 0.3 is 0 Å². The second kappa shape index (κ2) is 5.92. The van der Waals surface area contributed by atoms with Crippen LogP contribution in [-0.2, 0) is 7.05 Å². The van der Waals surface area contributed by atoms with Gasteiger partial charge in [-0.3, -0.25) is 4.79 Å². The molecule has 2 heterocycles. The van der Waals surface area contributed by atoms with Crippen molar-refractivity contribution >= 4 is 17.3 Å². The number of nitrogens with zero attached hydrogens (tertiary/aromatic N) is 4. The van der Waals surface area contributed by atoms with Gasteiger partial charge in [0, 0.05) is 20.6 Å². The second-order valence-electron chi connectivity index (χ2n) is 5.40. The van der Waals surface area contributed by atoms with Crippen molar-refractivity contribution in [3.63, 3.8) is 0 Å². The van der Waals surface area contributed by atoms with Gasteiger partial charge in [0.1, 0.15) is 5.02 Å². The number of halogens is 1. The van der Waals surface area contributed by atoms with Crippen LogP contribution in [0.5, 0.6) is 0 Å². The topological polar surface area (TPSA) is 41.4 Å². The molecule has 1 aromatic rings. The maximum Gasteiger partial charge on any atom is 0.287 e. The standard InChI is InChI=1S/C13H21ClN4O/c1-16-6-4-10(5-7-16)9-17(2)11-8-15-18(3)13(19)12(11)14/h8,10H,4-7,9H2,1-3H3. The summed E-state index contributed by atoms with van der Waals surface area (Å²) in [5.74, 6) is 0.654. The Balaban J connectivity index is 2.06. The Kier molecular flexibility index (Phi) is 4.47. The normalized spacial score (nSPS) is 17.7. The van der Waals surface area contributed by atoms with E-state index in [-0.39, 0.29) is 10.6 Å². The number of likely N-dealkylation sites (tertiary alicyclic amines) is 1. The second-order valence-corrected chi connectivity index (χ2v) is 5.78. The summed E-state index contributed by atoms with van der Waals surface area (Å²) in [6.45, 7) is 3.20. The van der Waals surface area contributed by atoms with Crippen molar-refractivity contribution in [2.45, 2.75) is 12.8 Å². The highest BCUT2D eigenvalue weighted by Gasteiger charge is 2.20. The first-order chi connectivity index (χ1) is 8.99. The van der Waals surface area contributed by atoms with E-state index in [1.807, 2.05) is 11.9 Å². The fourth-order valence-corrected chi connectivity index (χ4v) is 2.81. The molecule has 0 atom stereocenters. The molecule has 106 valence electrons. The first kappa shape index (κ1) is 14.3. The van der Waals surface area contributed by atoms with E-state index in [4.69, 9.17) is 11.6 Å². The third-order valence-electron chi connectivity index (χ3n) is 3.84. The third-order valence-corrected chi connectivity index (χ3v) is 4.20. The number of hydrogen-bond donors (Lipinski definition) is 0. The minimum absolute atomic E-state index is 0.241. The Bertz CT molecular complexity index is 494. The number of aryl methyl sites for hydroxylation is 1. The third kappa shape index (κ3) is 3.28. The highest BCUT2D eigenvalue weighted by atomic mass is 35.5. The molecular weight excluding hydrogens is 264 g/mol. The Labute approximate surface area is 118 Å². The van der Waals surface area contributed by atoms with Crippen molar-refractivity contribution in [3.8, 4) is 0 Å². The van der Waals surface area contributed by atoms with Gasteiger partial charge in [0.2, 0.25) is 0 Å². The largest absolute Gasteiger partial charge is 0.372 e. The minimum atomic E-state index is -0.241. The smallest absolute Gasteiger partial charge is 0.287 e. The molecule has 0 radical (unpaired) electrons. The lowest BCUT2D eigenvalue weighted by Crippen LogP contribution is -2.36. The van der Waals surface area contributed by atoms with E-state index >= 15 is 0 Å². The van der Waals surface area contributed by atoms with Crippen molar-refractivity contribution in [1.82, 2.24) is 14.7 Å². The van der Waals surface area contributed by atoms with Crippen LogP contribution in [0.1, 0.15) is 12.8 Å². The van der Waals surface area contributed by atoms with Crippen LogP contribution in [0.15, 0.2) is 11.0 Å². The van der Waals surface area contributed by atoms with Crippen molar-refractivity contribution in [1.29, 1.82) is 0 Å². The molecule has 1 aliphatic rings. The first-order valence-corrected chi connectivity index (χ1v) is 6.98. The Morgan fingerprint density at radius 2 is 2.05 bits per heavy atom. The number of rotatable bonds is 3. The van der Waals surface area contributed by atoms with E-state index < -0.39 is 0 Å². The molecule has 1 aromatic heterocycles. The average Bonchev–Trinajstić information content (AvgIpc) is 2.39. The van der Waals surface area contributed by atoms with Crippen LogP contribution in [-0.4, -0.2) is 48.4 Å². The van der Waals surface area contributed by atoms with Crippen LogP contribution in [0.25, 0.3) is 0 Å². The zero-order chi connectivity index (χ0) is 14.0. The molecule has 0 unspecified atom stereocenters. The molecule has 0 aromatic carbocycles. The maximum absolute atomic E-state index is 11.8. The van der Waals surface area contributed by atoms with Gasteiger partial charge in [0.25, 0.3) is 5.56 Å². The predicted octanol–water partition coefficient (Wildman–Crippen LogP) is 1.21. The molecular formula is C13H21ClN4O. The van der Waals surface area contributed by atoms with E-state index in [9.17, 15) is 4.79 Å². The fraction of sp³-hybridized carbons (Fsp3) is 0.692. The lowest BCUT2D eigenvalue weighted by atomic mass is 9.96. The molecule has 0 saturated carbocycles. The molecule has 1 saturated heterocycles. The van der Waals surface area contributed by atoms with Gasteiger partial charge < -0.3 is 9.80 Å². The van der Waals surface area contributed by atoms with Gasteiger partial charge in [-0.25, -0.2) is 4.68 Å². The molecule has 0 amide bonds. The summed E-state index contributed by atoms with van der Waals surface area (Å²) in [7, 11) is 5.73. The lowest BCUT2D eigenvalue weighted by Gasteiger charge is -2.32. The zero-order valence-corrected chi connectivity index (χ0v) is 12.5. The van der Waals surface area contributed by atoms with Gasteiger partial charge in [0.15, 0.2) is 0 Å². The SMILES string of the molecule is CN1CCC(CN(C)c2cnn(C)c(=O)c2Cl)CC1. The summed E-state index contributed by atoms with van der Waals surface area (Å²) in [6.07, 6.45) is 4.05.